The predicted molar refractivity (Wildman–Crippen MR) is 73.0 cm³/mol. The van der Waals surface area contributed by atoms with Crippen molar-refractivity contribution >= 4 is 39.3 Å². The maximum absolute atomic E-state index is 6.27. The van der Waals surface area contributed by atoms with Gasteiger partial charge in [0, 0.05) is 15.6 Å². The molecule has 15 heavy (non-hydrogen) atoms. The molecule has 0 aliphatic carbocycles. The zero-order valence-corrected chi connectivity index (χ0v) is 11.8. The van der Waals surface area contributed by atoms with Crippen LogP contribution in [0.25, 0.3) is 0 Å². The highest BCUT2D eigenvalue weighted by Crippen LogP contribution is 2.31. The van der Waals surface area contributed by atoms with Crippen molar-refractivity contribution in [2.45, 2.75) is 18.7 Å². The lowest BCUT2D eigenvalue weighted by molar-refractivity contribution is 0.603. The minimum atomic E-state index is 0.357. The van der Waals surface area contributed by atoms with Crippen molar-refractivity contribution < 1.29 is 0 Å². The third-order valence-electron chi connectivity index (χ3n) is 2.85. The summed E-state index contributed by atoms with van der Waals surface area (Å²) in [5, 5.41) is 0.357. The first-order valence-corrected chi connectivity index (χ1v) is 7.52. The summed E-state index contributed by atoms with van der Waals surface area (Å²) < 4.78 is 1.21. The molecule has 0 aromatic heterocycles. The van der Waals surface area contributed by atoms with Crippen molar-refractivity contribution in [3.63, 3.8) is 0 Å². The summed E-state index contributed by atoms with van der Waals surface area (Å²) in [4.78, 5) is 0. The highest BCUT2D eigenvalue weighted by molar-refractivity contribution is 9.10. The first-order chi connectivity index (χ1) is 7.16. The van der Waals surface area contributed by atoms with Crippen LogP contribution in [0, 0.1) is 12.8 Å². The van der Waals surface area contributed by atoms with E-state index in [1.165, 1.54) is 21.4 Å². The molecule has 1 aromatic carbocycles. The Balaban J connectivity index is 2.07. The molecule has 0 radical (unpaired) electrons. The smallest absolute Gasteiger partial charge is 0.0465 e. The van der Waals surface area contributed by atoms with Gasteiger partial charge in [-0.3, -0.25) is 0 Å². The van der Waals surface area contributed by atoms with E-state index >= 15 is 0 Å². The molecule has 1 aliphatic rings. The molecule has 3 heteroatoms. The molecule has 1 aromatic rings. The Bertz CT molecular complexity index is 353. The monoisotopic (exact) mass is 304 g/mol. The van der Waals surface area contributed by atoms with Gasteiger partial charge in [0.25, 0.3) is 0 Å². The van der Waals surface area contributed by atoms with Gasteiger partial charge in [-0.2, -0.15) is 11.8 Å². The summed E-state index contributed by atoms with van der Waals surface area (Å²) in [5.41, 5.74) is 2.69. The Hall–Kier alpha value is 0.340. The van der Waals surface area contributed by atoms with Gasteiger partial charge in [-0.05, 0) is 42.2 Å². The van der Waals surface area contributed by atoms with Crippen LogP contribution in [0.5, 0.6) is 0 Å². The summed E-state index contributed by atoms with van der Waals surface area (Å²) in [6.07, 6.45) is 1.11. The van der Waals surface area contributed by atoms with Crippen LogP contribution in [0.4, 0.5) is 0 Å². The molecule has 0 N–H and O–H groups in total. The summed E-state index contributed by atoms with van der Waals surface area (Å²) in [7, 11) is 0. The average molecular weight is 306 g/mol. The summed E-state index contributed by atoms with van der Waals surface area (Å²) >= 11 is 11.8. The normalized spacial score (nSPS) is 25.8. The largest absolute Gasteiger partial charge is 0.160 e. The first-order valence-electron chi connectivity index (χ1n) is 5.13. The Morgan fingerprint density at radius 3 is 2.87 bits per heavy atom. The minimum absolute atomic E-state index is 0.357. The van der Waals surface area contributed by atoms with Crippen molar-refractivity contribution in [2.24, 2.45) is 5.92 Å². The fourth-order valence-electron chi connectivity index (χ4n) is 1.83. The van der Waals surface area contributed by atoms with E-state index in [0.717, 1.165) is 12.2 Å². The molecule has 0 spiro atoms. The number of benzene rings is 1. The van der Waals surface area contributed by atoms with Gasteiger partial charge >= 0.3 is 0 Å². The van der Waals surface area contributed by atoms with Gasteiger partial charge in [0.05, 0.1) is 0 Å². The van der Waals surface area contributed by atoms with Gasteiger partial charge in [0.15, 0.2) is 0 Å². The minimum Gasteiger partial charge on any atom is -0.160 e. The van der Waals surface area contributed by atoms with Gasteiger partial charge in [0.2, 0.25) is 0 Å². The van der Waals surface area contributed by atoms with Crippen molar-refractivity contribution in [3.8, 4) is 0 Å². The van der Waals surface area contributed by atoms with Crippen LogP contribution in [-0.4, -0.2) is 16.9 Å². The molecule has 1 heterocycles. The van der Waals surface area contributed by atoms with Crippen molar-refractivity contribution in [1.82, 2.24) is 0 Å². The summed E-state index contributed by atoms with van der Waals surface area (Å²) in [5.74, 6) is 2.96. The number of thioether (sulfide) groups is 1. The van der Waals surface area contributed by atoms with E-state index in [9.17, 15) is 0 Å². The topological polar surface area (TPSA) is 0 Å². The molecule has 0 bridgehead atoms. The number of hydrogen-bond donors (Lipinski definition) is 0. The van der Waals surface area contributed by atoms with E-state index in [4.69, 9.17) is 11.6 Å². The number of hydrogen-bond acceptors (Lipinski definition) is 1. The average Bonchev–Trinajstić information content (AvgIpc) is 2.59. The third kappa shape index (κ3) is 2.92. The SMILES string of the molecule is Cc1ccc(CC2CSCC2Cl)cc1Br. The second-order valence-corrected chi connectivity index (χ2v) is 6.59. The van der Waals surface area contributed by atoms with Crippen LogP contribution >= 0.6 is 39.3 Å². The number of rotatable bonds is 2. The van der Waals surface area contributed by atoms with Gasteiger partial charge in [0.1, 0.15) is 0 Å². The van der Waals surface area contributed by atoms with Crippen LogP contribution in [0.1, 0.15) is 11.1 Å². The van der Waals surface area contributed by atoms with E-state index < -0.39 is 0 Å². The third-order valence-corrected chi connectivity index (χ3v) is 5.66. The van der Waals surface area contributed by atoms with Gasteiger partial charge in [-0.25, -0.2) is 0 Å². The summed E-state index contributed by atoms with van der Waals surface area (Å²) in [6.45, 7) is 2.11. The molecule has 2 unspecified atom stereocenters. The van der Waals surface area contributed by atoms with Crippen molar-refractivity contribution in [3.05, 3.63) is 33.8 Å². The fourth-order valence-corrected chi connectivity index (χ4v) is 4.09. The van der Waals surface area contributed by atoms with Crippen LogP contribution < -0.4 is 0 Å². The maximum Gasteiger partial charge on any atom is 0.0465 e. The Labute approximate surface area is 109 Å². The molecule has 82 valence electrons. The molecule has 2 rings (SSSR count). The zero-order valence-electron chi connectivity index (χ0n) is 8.67. The standard InChI is InChI=1S/C12H14BrClS/c1-8-2-3-9(5-11(8)13)4-10-6-15-7-12(10)14/h2-3,5,10,12H,4,6-7H2,1H3. The van der Waals surface area contributed by atoms with Crippen molar-refractivity contribution in [2.75, 3.05) is 11.5 Å². The lowest BCUT2D eigenvalue weighted by Gasteiger charge is -2.13. The van der Waals surface area contributed by atoms with Crippen molar-refractivity contribution in [1.29, 1.82) is 0 Å². The van der Waals surface area contributed by atoms with Crippen LogP contribution in [0.3, 0.4) is 0 Å². The molecule has 2 atom stereocenters. The van der Waals surface area contributed by atoms with E-state index in [-0.39, 0.29) is 0 Å². The number of halogens is 2. The molecule has 1 saturated heterocycles. The highest BCUT2D eigenvalue weighted by atomic mass is 79.9. The number of aryl methyl sites for hydroxylation is 1. The molecule has 0 saturated carbocycles. The predicted octanol–water partition coefficient (Wildman–Crippen LogP) is 4.27. The lowest BCUT2D eigenvalue weighted by atomic mass is 9.98. The van der Waals surface area contributed by atoms with E-state index in [0.29, 0.717) is 11.3 Å². The second-order valence-electron chi connectivity index (χ2n) is 4.10. The molecule has 1 aliphatic heterocycles. The van der Waals surface area contributed by atoms with Crippen LogP contribution in [-0.2, 0) is 6.42 Å². The molecular weight excluding hydrogens is 292 g/mol. The van der Waals surface area contributed by atoms with Gasteiger partial charge < -0.3 is 0 Å². The zero-order chi connectivity index (χ0) is 10.8. The number of alkyl halides is 1. The molecular formula is C12H14BrClS. The maximum atomic E-state index is 6.27. The Kier molecular flexibility index (Phi) is 4.03. The second kappa shape index (κ2) is 5.11. The molecule has 1 fully saturated rings. The van der Waals surface area contributed by atoms with Gasteiger partial charge in [-0.1, -0.05) is 28.1 Å². The summed E-state index contributed by atoms with van der Waals surface area (Å²) in [6, 6.07) is 6.61. The molecule has 0 amide bonds. The van der Waals surface area contributed by atoms with E-state index in [1.807, 2.05) is 11.8 Å². The Morgan fingerprint density at radius 1 is 1.47 bits per heavy atom. The molecule has 0 nitrogen and oxygen atoms in total. The van der Waals surface area contributed by atoms with Crippen LogP contribution in [0.15, 0.2) is 22.7 Å². The Morgan fingerprint density at radius 2 is 2.27 bits per heavy atom. The highest BCUT2D eigenvalue weighted by Gasteiger charge is 2.25. The van der Waals surface area contributed by atoms with Gasteiger partial charge in [-0.15, -0.1) is 11.6 Å². The first kappa shape index (κ1) is 11.8. The van der Waals surface area contributed by atoms with E-state index in [1.54, 1.807) is 0 Å². The van der Waals surface area contributed by atoms with E-state index in [2.05, 4.69) is 41.1 Å². The lowest BCUT2D eigenvalue weighted by Crippen LogP contribution is -2.14. The van der Waals surface area contributed by atoms with Crippen LogP contribution in [0.2, 0.25) is 0 Å². The fraction of sp³-hybridized carbons (Fsp3) is 0.500. The quantitative estimate of drug-likeness (QED) is 0.735.